The van der Waals surface area contributed by atoms with E-state index in [1.807, 2.05) is 11.6 Å². The van der Waals surface area contributed by atoms with Gasteiger partial charge in [0.15, 0.2) is 5.16 Å². The molecule has 2 aromatic rings. The van der Waals surface area contributed by atoms with Crippen LogP contribution in [-0.4, -0.2) is 25.0 Å². The lowest BCUT2D eigenvalue weighted by atomic mass is 10.5. The van der Waals surface area contributed by atoms with E-state index in [1.54, 1.807) is 18.5 Å². The zero-order valence-electron chi connectivity index (χ0n) is 7.45. The molecule has 0 fully saturated rings. The van der Waals surface area contributed by atoms with E-state index in [4.69, 9.17) is 5.73 Å². The first-order valence-electron chi connectivity index (χ1n) is 3.87. The molecule has 0 atom stereocenters. The quantitative estimate of drug-likeness (QED) is 0.766. The van der Waals surface area contributed by atoms with Crippen LogP contribution in [0.1, 0.15) is 0 Å². The van der Waals surface area contributed by atoms with Crippen LogP contribution >= 0.6 is 11.8 Å². The lowest BCUT2D eigenvalue weighted by molar-refractivity contribution is 0.785. The zero-order chi connectivity index (χ0) is 9.97. The van der Waals surface area contributed by atoms with Crippen LogP contribution in [0.2, 0.25) is 0 Å². The fraction of sp³-hybridized carbons (Fsp3) is 0.143. The van der Waals surface area contributed by atoms with Gasteiger partial charge >= 0.3 is 0 Å². The van der Waals surface area contributed by atoms with Crippen molar-refractivity contribution in [2.24, 2.45) is 7.05 Å². The summed E-state index contributed by atoms with van der Waals surface area (Å²) in [6.07, 6.45) is 1.63. The molecule has 14 heavy (non-hydrogen) atoms. The smallest absolute Gasteiger partial charge is 0.197 e. The Morgan fingerprint density at radius 3 is 2.71 bits per heavy atom. The summed E-state index contributed by atoms with van der Waals surface area (Å²) in [6, 6.07) is 3.49. The van der Waals surface area contributed by atoms with E-state index >= 15 is 0 Å². The molecule has 0 spiro atoms. The average molecular weight is 208 g/mol. The van der Waals surface area contributed by atoms with Gasteiger partial charge in [-0.15, -0.1) is 20.4 Å². The van der Waals surface area contributed by atoms with Crippen LogP contribution in [0.25, 0.3) is 0 Å². The van der Waals surface area contributed by atoms with Gasteiger partial charge < -0.3 is 10.3 Å². The van der Waals surface area contributed by atoms with Crippen LogP contribution in [0.15, 0.2) is 28.6 Å². The highest BCUT2D eigenvalue weighted by Gasteiger charge is 2.04. The maximum Gasteiger partial charge on any atom is 0.197 e. The molecule has 2 rings (SSSR count). The van der Waals surface area contributed by atoms with E-state index in [0.717, 1.165) is 10.2 Å². The summed E-state index contributed by atoms with van der Waals surface area (Å²) in [5, 5.41) is 16.8. The second kappa shape index (κ2) is 3.62. The van der Waals surface area contributed by atoms with E-state index in [2.05, 4.69) is 20.4 Å². The minimum atomic E-state index is 0.410. The summed E-state index contributed by atoms with van der Waals surface area (Å²) in [7, 11) is 1.87. The van der Waals surface area contributed by atoms with E-state index in [0.29, 0.717) is 5.82 Å². The first kappa shape index (κ1) is 8.95. The summed E-state index contributed by atoms with van der Waals surface area (Å²) in [4.78, 5) is 0. The van der Waals surface area contributed by atoms with Crippen LogP contribution in [0.3, 0.4) is 0 Å². The number of aromatic nitrogens is 5. The van der Waals surface area contributed by atoms with Crippen LogP contribution < -0.4 is 5.73 Å². The topological polar surface area (TPSA) is 82.5 Å². The van der Waals surface area contributed by atoms with Crippen LogP contribution in [0.4, 0.5) is 5.82 Å². The predicted molar refractivity (Wildman–Crippen MR) is 51.6 cm³/mol. The molecule has 0 unspecified atom stereocenters. The molecule has 2 heterocycles. The third-order valence-electron chi connectivity index (χ3n) is 1.53. The lowest BCUT2D eigenvalue weighted by Crippen LogP contribution is -1.94. The highest BCUT2D eigenvalue weighted by Crippen LogP contribution is 2.22. The highest BCUT2D eigenvalue weighted by atomic mass is 32.2. The fourth-order valence-corrected chi connectivity index (χ4v) is 1.53. The van der Waals surface area contributed by atoms with Gasteiger partial charge in [0.05, 0.1) is 0 Å². The largest absolute Gasteiger partial charge is 0.382 e. The molecule has 6 nitrogen and oxygen atoms in total. The van der Waals surface area contributed by atoms with Crippen molar-refractivity contribution < 1.29 is 0 Å². The SMILES string of the molecule is Cn1cnnc1Sc1ccc(N)nn1. The Bertz CT molecular complexity index is 422. The lowest BCUT2D eigenvalue weighted by Gasteiger charge is -1.98. The molecule has 0 saturated carbocycles. The number of hydrogen-bond acceptors (Lipinski definition) is 6. The van der Waals surface area contributed by atoms with Gasteiger partial charge in [0, 0.05) is 7.05 Å². The second-order valence-corrected chi connectivity index (χ2v) is 3.61. The Balaban J connectivity index is 2.19. The minimum Gasteiger partial charge on any atom is -0.382 e. The van der Waals surface area contributed by atoms with Gasteiger partial charge in [-0.3, -0.25) is 0 Å². The monoisotopic (exact) mass is 208 g/mol. The van der Waals surface area contributed by atoms with Gasteiger partial charge in [-0.05, 0) is 23.9 Å². The number of nitrogens with zero attached hydrogens (tertiary/aromatic N) is 5. The maximum atomic E-state index is 5.41. The second-order valence-electron chi connectivity index (χ2n) is 2.62. The van der Waals surface area contributed by atoms with Crippen molar-refractivity contribution in [3.8, 4) is 0 Å². The molecule has 0 aromatic carbocycles. The van der Waals surface area contributed by atoms with Gasteiger partial charge in [-0.1, -0.05) is 0 Å². The molecule has 2 N–H and O–H groups in total. The Morgan fingerprint density at radius 2 is 2.14 bits per heavy atom. The van der Waals surface area contributed by atoms with Crippen molar-refractivity contribution in [3.63, 3.8) is 0 Å². The summed E-state index contributed by atoms with van der Waals surface area (Å²) in [5.74, 6) is 0.410. The number of anilines is 1. The third-order valence-corrected chi connectivity index (χ3v) is 2.51. The molecule has 0 aliphatic carbocycles. The Kier molecular flexibility index (Phi) is 2.32. The van der Waals surface area contributed by atoms with Crippen molar-refractivity contribution in [2.45, 2.75) is 10.2 Å². The molecule has 0 bridgehead atoms. The van der Waals surface area contributed by atoms with Gasteiger partial charge in [0.2, 0.25) is 0 Å². The number of aryl methyl sites for hydroxylation is 1. The summed E-state index contributed by atoms with van der Waals surface area (Å²) >= 11 is 1.39. The van der Waals surface area contributed by atoms with E-state index in [-0.39, 0.29) is 0 Å². The van der Waals surface area contributed by atoms with Gasteiger partial charge in [0.25, 0.3) is 0 Å². The van der Waals surface area contributed by atoms with Crippen LogP contribution in [0.5, 0.6) is 0 Å². The fourth-order valence-electron chi connectivity index (χ4n) is 0.843. The highest BCUT2D eigenvalue weighted by molar-refractivity contribution is 7.99. The standard InChI is InChI=1S/C7H8N6S/c1-13-4-9-12-7(13)14-6-3-2-5(8)10-11-6/h2-4H,1H3,(H2,8,10). The molecule has 7 heteroatoms. The van der Waals surface area contributed by atoms with Gasteiger partial charge in [-0.25, -0.2) is 0 Å². The van der Waals surface area contributed by atoms with Gasteiger partial charge in [0.1, 0.15) is 17.2 Å². The Labute approximate surface area is 84.6 Å². The molecule has 0 aliphatic rings. The molecule has 0 amide bonds. The van der Waals surface area contributed by atoms with Crippen molar-refractivity contribution in [2.75, 3.05) is 5.73 Å². The molecule has 72 valence electrons. The van der Waals surface area contributed by atoms with Crippen molar-refractivity contribution in [1.82, 2.24) is 25.0 Å². The molecule has 0 radical (unpaired) electrons. The van der Waals surface area contributed by atoms with Crippen LogP contribution in [0, 0.1) is 0 Å². The first-order chi connectivity index (χ1) is 6.75. The summed E-state index contributed by atoms with van der Waals surface area (Å²) in [6.45, 7) is 0. The van der Waals surface area contributed by atoms with E-state index in [1.165, 1.54) is 11.8 Å². The number of nitrogen functional groups attached to an aromatic ring is 1. The maximum absolute atomic E-state index is 5.41. The molecular formula is C7H8N6S. The third kappa shape index (κ3) is 1.82. The van der Waals surface area contributed by atoms with Gasteiger partial charge in [-0.2, -0.15) is 0 Å². The number of nitrogens with two attached hydrogens (primary N) is 1. The Morgan fingerprint density at radius 1 is 1.29 bits per heavy atom. The van der Waals surface area contributed by atoms with Crippen molar-refractivity contribution in [3.05, 3.63) is 18.5 Å². The predicted octanol–water partition coefficient (Wildman–Crippen LogP) is 0.338. The minimum absolute atomic E-state index is 0.410. The molecular weight excluding hydrogens is 200 g/mol. The molecule has 0 saturated heterocycles. The Hall–Kier alpha value is -1.63. The number of rotatable bonds is 2. The normalized spacial score (nSPS) is 10.4. The molecule has 2 aromatic heterocycles. The van der Waals surface area contributed by atoms with E-state index < -0.39 is 0 Å². The van der Waals surface area contributed by atoms with Crippen LogP contribution in [-0.2, 0) is 7.05 Å². The zero-order valence-corrected chi connectivity index (χ0v) is 8.27. The van der Waals surface area contributed by atoms with E-state index in [9.17, 15) is 0 Å². The summed E-state index contributed by atoms with van der Waals surface area (Å²) in [5.41, 5.74) is 5.41. The number of hydrogen-bond donors (Lipinski definition) is 1. The summed E-state index contributed by atoms with van der Waals surface area (Å²) < 4.78 is 1.81. The molecule has 0 aliphatic heterocycles. The van der Waals surface area contributed by atoms with Crippen molar-refractivity contribution in [1.29, 1.82) is 0 Å². The van der Waals surface area contributed by atoms with Crippen molar-refractivity contribution >= 4 is 17.6 Å². The average Bonchev–Trinajstić information content (AvgIpc) is 2.56. The first-order valence-corrected chi connectivity index (χ1v) is 4.68.